The van der Waals surface area contributed by atoms with E-state index in [-0.39, 0.29) is 0 Å². The second-order valence-electron chi connectivity index (χ2n) is 7.57. The highest BCUT2D eigenvalue weighted by Gasteiger charge is 2.33. The van der Waals surface area contributed by atoms with Gasteiger partial charge in [0.25, 0.3) is 0 Å². The van der Waals surface area contributed by atoms with Gasteiger partial charge >= 0.3 is 0 Å². The fourth-order valence-corrected chi connectivity index (χ4v) is 3.37. The van der Waals surface area contributed by atoms with Gasteiger partial charge in [-0.05, 0) is 31.0 Å². The van der Waals surface area contributed by atoms with E-state index in [1.807, 2.05) is 47.9 Å². The zero-order valence-electron chi connectivity index (χ0n) is 15.8. The molecule has 0 bridgehead atoms. The van der Waals surface area contributed by atoms with E-state index in [9.17, 15) is 0 Å². The van der Waals surface area contributed by atoms with Crippen molar-refractivity contribution in [1.29, 1.82) is 0 Å². The molecule has 27 heavy (non-hydrogen) atoms. The Balaban J connectivity index is 1.31. The van der Waals surface area contributed by atoms with Gasteiger partial charge in [-0.15, -0.1) is 15.3 Å². The lowest BCUT2D eigenvalue weighted by atomic mass is 10.1. The highest BCUT2D eigenvalue weighted by atomic mass is 15.4. The van der Waals surface area contributed by atoms with Crippen LogP contribution in [0.4, 0.5) is 17.6 Å². The smallest absolute Gasteiger partial charge is 0.227 e. The minimum Gasteiger partial charge on any atom is -0.363 e. The molecule has 5 rings (SSSR count). The minimum atomic E-state index is 0.365. The summed E-state index contributed by atoms with van der Waals surface area (Å²) in [6.07, 6.45) is 4.19. The molecule has 0 aromatic carbocycles. The lowest BCUT2D eigenvalue weighted by Gasteiger charge is -2.44. The molecule has 1 saturated carbocycles. The third-order valence-corrected chi connectivity index (χ3v) is 5.35. The SMILES string of the molecule is CN(C)c1ccnc(N(C)C2CN(c3ccc4nnc(C5CC5)n4n3)C2)n1. The molecule has 4 heterocycles. The predicted octanol–water partition coefficient (Wildman–Crippen LogP) is 1.18. The average Bonchev–Trinajstić information content (AvgIpc) is 3.40. The van der Waals surface area contributed by atoms with Gasteiger partial charge in [0.05, 0.1) is 6.04 Å². The van der Waals surface area contributed by atoms with Gasteiger partial charge in [0.1, 0.15) is 11.6 Å². The molecule has 0 radical (unpaired) electrons. The van der Waals surface area contributed by atoms with Crippen molar-refractivity contribution >= 4 is 23.2 Å². The van der Waals surface area contributed by atoms with Gasteiger partial charge in [0.2, 0.25) is 5.95 Å². The van der Waals surface area contributed by atoms with Gasteiger partial charge in [0, 0.05) is 46.3 Å². The van der Waals surface area contributed by atoms with Crippen LogP contribution in [-0.2, 0) is 0 Å². The quantitative estimate of drug-likeness (QED) is 0.667. The number of fused-ring (bicyclic) bond motifs is 1. The maximum Gasteiger partial charge on any atom is 0.227 e. The summed E-state index contributed by atoms with van der Waals surface area (Å²) in [5.74, 6) is 4.16. The molecule has 140 valence electrons. The lowest BCUT2D eigenvalue weighted by Crippen LogP contribution is -2.59. The molecule has 9 nitrogen and oxygen atoms in total. The van der Waals surface area contributed by atoms with E-state index >= 15 is 0 Å². The fourth-order valence-electron chi connectivity index (χ4n) is 3.37. The van der Waals surface area contributed by atoms with Crippen LogP contribution in [0.2, 0.25) is 0 Å². The van der Waals surface area contributed by atoms with Crippen molar-refractivity contribution in [2.24, 2.45) is 0 Å². The largest absolute Gasteiger partial charge is 0.363 e. The maximum absolute atomic E-state index is 4.78. The third-order valence-electron chi connectivity index (χ3n) is 5.35. The summed E-state index contributed by atoms with van der Waals surface area (Å²) in [5, 5.41) is 13.3. The molecule has 3 aromatic heterocycles. The molecule has 1 aliphatic carbocycles. The Morgan fingerprint density at radius 3 is 2.59 bits per heavy atom. The second kappa shape index (κ2) is 6.04. The van der Waals surface area contributed by atoms with Crippen molar-refractivity contribution in [1.82, 2.24) is 29.8 Å². The van der Waals surface area contributed by atoms with Crippen molar-refractivity contribution in [2.45, 2.75) is 24.8 Å². The first-order valence-corrected chi connectivity index (χ1v) is 9.30. The van der Waals surface area contributed by atoms with E-state index in [1.54, 1.807) is 0 Å². The predicted molar refractivity (Wildman–Crippen MR) is 104 cm³/mol. The van der Waals surface area contributed by atoms with Crippen LogP contribution in [0.25, 0.3) is 5.65 Å². The summed E-state index contributed by atoms with van der Waals surface area (Å²) in [6, 6.07) is 6.31. The van der Waals surface area contributed by atoms with Crippen LogP contribution >= 0.6 is 0 Å². The molecule has 9 heteroatoms. The van der Waals surface area contributed by atoms with Crippen LogP contribution in [0.15, 0.2) is 24.4 Å². The van der Waals surface area contributed by atoms with E-state index < -0.39 is 0 Å². The molecule has 0 spiro atoms. The lowest BCUT2D eigenvalue weighted by molar-refractivity contribution is 0.483. The van der Waals surface area contributed by atoms with Gasteiger partial charge in [-0.2, -0.15) is 9.50 Å². The number of likely N-dealkylation sites (N-methyl/N-ethyl adjacent to an activating group) is 1. The van der Waals surface area contributed by atoms with Crippen molar-refractivity contribution < 1.29 is 0 Å². The number of anilines is 3. The van der Waals surface area contributed by atoms with Crippen molar-refractivity contribution in [3.8, 4) is 0 Å². The van der Waals surface area contributed by atoms with E-state index in [4.69, 9.17) is 5.10 Å². The van der Waals surface area contributed by atoms with E-state index in [0.717, 1.165) is 42.1 Å². The van der Waals surface area contributed by atoms with Gasteiger partial charge in [0.15, 0.2) is 11.5 Å². The summed E-state index contributed by atoms with van der Waals surface area (Å²) in [7, 11) is 6.03. The Labute approximate surface area is 157 Å². The standard InChI is InChI=1S/C18H23N9/c1-24(2)14-8-9-19-18(20-14)25(3)13-10-26(11-13)16-7-6-15-21-22-17(12-4-5-12)27(15)23-16/h6-9,12-13H,4-5,10-11H2,1-3H3. The van der Waals surface area contributed by atoms with E-state index in [1.165, 1.54) is 12.8 Å². The second-order valence-corrected chi connectivity index (χ2v) is 7.57. The van der Waals surface area contributed by atoms with Crippen molar-refractivity contribution in [2.75, 3.05) is 48.9 Å². The highest BCUT2D eigenvalue weighted by molar-refractivity contribution is 5.51. The van der Waals surface area contributed by atoms with Crippen molar-refractivity contribution in [3.05, 3.63) is 30.2 Å². The number of rotatable bonds is 5. The Morgan fingerprint density at radius 2 is 1.85 bits per heavy atom. The van der Waals surface area contributed by atoms with Crippen LogP contribution in [0, 0.1) is 0 Å². The normalized spacial score (nSPS) is 17.2. The Bertz CT molecular complexity index is 972. The number of hydrogen-bond donors (Lipinski definition) is 0. The summed E-state index contributed by atoms with van der Waals surface area (Å²) in [6.45, 7) is 1.79. The Hall–Kier alpha value is -2.97. The van der Waals surface area contributed by atoms with Crippen molar-refractivity contribution in [3.63, 3.8) is 0 Å². The van der Waals surface area contributed by atoms with Crippen LogP contribution < -0.4 is 14.7 Å². The molecule has 0 unspecified atom stereocenters. The molecule has 1 aliphatic heterocycles. The molecule has 0 amide bonds. The first-order chi connectivity index (χ1) is 13.1. The monoisotopic (exact) mass is 365 g/mol. The molecular formula is C18H23N9. The minimum absolute atomic E-state index is 0.365. The molecule has 3 aromatic rings. The molecule has 0 atom stereocenters. The molecule has 0 N–H and O–H groups in total. The average molecular weight is 365 g/mol. The summed E-state index contributed by atoms with van der Waals surface area (Å²) in [4.78, 5) is 15.5. The van der Waals surface area contributed by atoms with Gasteiger partial charge in [-0.3, -0.25) is 0 Å². The number of nitrogens with zero attached hydrogens (tertiary/aromatic N) is 9. The van der Waals surface area contributed by atoms with E-state index in [2.05, 4.69) is 37.0 Å². The Kier molecular flexibility index (Phi) is 3.63. The maximum atomic E-state index is 4.78. The van der Waals surface area contributed by atoms with Gasteiger partial charge in [-0.1, -0.05) is 0 Å². The molecule has 2 fully saturated rings. The highest BCUT2D eigenvalue weighted by Crippen LogP contribution is 2.38. The zero-order chi connectivity index (χ0) is 18.5. The third kappa shape index (κ3) is 2.83. The molecular weight excluding hydrogens is 342 g/mol. The number of aromatic nitrogens is 6. The van der Waals surface area contributed by atoms with Gasteiger partial charge < -0.3 is 14.7 Å². The van der Waals surface area contributed by atoms with Crippen LogP contribution in [-0.4, -0.2) is 70.1 Å². The Morgan fingerprint density at radius 1 is 1.04 bits per heavy atom. The summed E-state index contributed by atoms with van der Waals surface area (Å²) in [5.41, 5.74) is 0.823. The molecule has 2 aliphatic rings. The topological polar surface area (TPSA) is 78.6 Å². The van der Waals surface area contributed by atoms with Crippen LogP contribution in [0.1, 0.15) is 24.6 Å². The first-order valence-electron chi connectivity index (χ1n) is 9.30. The van der Waals surface area contributed by atoms with Crippen LogP contribution in [0.3, 0.4) is 0 Å². The van der Waals surface area contributed by atoms with Crippen LogP contribution in [0.5, 0.6) is 0 Å². The summed E-state index contributed by atoms with van der Waals surface area (Å²) < 4.78 is 1.91. The zero-order valence-corrected chi connectivity index (χ0v) is 15.8. The summed E-state index contributed by atoms with van der Waals surface area (Å²) >= 11 is 0. The van der Waals surface area contributed by atoms with Gasteiger partial charge in [-0.25, -0.2) is 4.98 Å². The first kappa shape index (κ1) is 16.2. The molecule has 1 saturated heterocycles. The number of hydrogen-bond acceptors (Lipinski definition) is 8. The van der Waals surface area contributed by atoms with E-state index in [0.29, 0.717) is 12.0 Å². The fraction of sp³-hybridized carbons (Fsp3) is 0.500.